The van der Waals surface area contributed by atoms with Gasteiger partial charge in [0.1, 0.15) is 0 Å². The van der Waals surface area contributed by atoms with Crippen molar-refractivity contribution >= 4 is 21.6 Å². The van der Waals surface area contributed by atoms with Gasteiger partial charge in [0.2, 0.25) is 10.0 Å². The van der Waals surface area contributed by atoms with E-state index in [1.165, 1.54) is 16.4 Å². The monoisotopic (exact) mass is 445 g/mol. The third-order valence-corrected chi connectivity index (χ3v) is 7.45. The summed E-state index contributed by atoms with van der Waals surface area (Å²) in [6.07, 6.45) is 0.791. The van der Waals surface area contributed by atoms with Crippen LogP contribution in [0.15, 0.2) is 47.4 Å². The number of sulfonamides is 1. The normalized spacial score (nSPS) is 17.7. The quantitative estimate of drug-likeness (QED) is 0.761. The molecule has 1 amide bonds. The van der Waals surface area contributed by atoms with Crippen molar-refractivity contribution in [2.75, 3.05) is 51.3 Å². The number of nitrogens with one attached hydrogen (secondary N) is 1. The van der Waals surface area contributed by atoms with Gasteiger partial charge in [-0.1, -0.05) is 6.92 Å². The summed E-state index contributed by atoms with van der Waals surface area (Å²) in [5.74, 6) is 0.875. The van der Waals surface area contributed by atoms with Crippen LogP contribution in [0.1, 0.15) is 23.7 Å². The number of carbonyl (C=O) groups is 1. The first-order valence-electron chi connectivity index (χ1n) is 10.5. The number of ether oxygens (including phenoxy) is 2. The smallest absolute Gasteiger partial charge is 0.255 e. The van der Waals surface area contributed by atoms with Crippen molar-refractivity contribution in [3.63, 3.8) is 0 Å². The maximum atomic E-state index is 12.9. The lowest BCUT2D eigenvalue weighted by Crippen LogP contribution is -2.48. The van der Waals surface area contributed by atoms with E-state index < -0.39 is 10.0 Å². The molecule has 2 aromatic rings. The number of carbonyl (C=O) groups excluding carboxylic acids is 1. The first kappa shape index (κ1) is 21.6. The van der Waals surface area contributed by atoms with E-state index in [1.807, 2.05) is 0 Å². The fourth-order valence-electron chi connectivity index (χ4n) is 3.65. The third-order valence-electron chi connectivity index (χ3n) is 5.54. The minimum Gasteiger partial charge on any atom is -0.490 e. The third kappa shape index (κ3) is 4.84. The number of piperazine rings is 1. The highest BCUT2D eigenvalue weighted by Gasteiger charge is 2.28. The molecule has 0 saturated carbocycles. The average molecular weight is 446 g/mol. The second-order valence-electron chi connectivity index (χ2n) is 7.53. The highest BCUT2D eigenvalue weighted by molar-refractivity contribution is 7.89. The van der Waals surface area contributed by atoms with Crippen molar-refractivity contribution in [2.24, 2.45) is 0 Å². The SMILES string of the molecule is CCN1CCN(S(=O)(=O)c2ccc(NC(=O)c3ccc4c(c3)OCCCO4)cc2)CC1. The van der Waals surface area contributed by atoms with Gasteiger partial charge >= 0.3 is 0 Å². The molecule has 2 aliphatic heterocycles. The first-order chi connectivity index (χ1) is 15.0. The van der Waals surface area contributed by atoms with Crippen molar-refractivity contribution in [1.29, 1.82) is 0 Å². The summed E-state index contributed by atoms with van der Waals surface area (Å²) < 4.78 is 38.5. The molecule has 1 N–H and O–H groups in total. The Kier molecular flexibility index (Phi) is 6.45. The molecule has 9 heteroatoms. The van der Waals surface area contributed by atoms with Gasteiger partial charge in [0.15, 0.2) is 11.5 Å². The van der Waals surface area contributed by atoms with E-state index >= 15 is 0 Å². The zero-order chi connectivity index (χ0) is 21.8. The lowest BCUT2D eigenvalue weighted by atomic mass is 10.2. The van der Waals surface area contributed by atoms with Gasteiger partial charge in [-0.05, 0) is 49.0 Å². The maximum absolute atomic E-state index is 12.9. The number of nitrogens with zero attached hydrogens (tertiary/aromatic N) is 2. The van der Waals surface area contributed by atoms with Crippen molar-refractivity contribution in [1.82, 2.24) is 9.21 Å². The van der Waals surface area contributed by atoms with E-state index in [-0.39, 0.29) is 10.8 Å². The zero-order valence-corrected chi connectivity index (χ0v) is 18.4. The van der Waals surface area contributed by atoms with Crippen molar-refractivity contribution in [3.05, 3.63) is 48.0 Å². The minimum absolute atomic E-state index is 0.228. The van der Waals surface area contributed by atoms with E-state index in [9.17, 15) is 13.2 Å². The molecule has 8 nitrogen and oxygen atoms in total. The molecule has 0 unspecified atom stereocenters. The molecule has 31 heavy (non-hydrogen) atoms. The number of amides is 1. The molecule has 0 radical (unpaired) electrons. The lowest BCUT2D eigenvalue weighted by Gasteiger charge is -2.33. The van der Waals surface area contributed by atoms with Crippen LogP contribution in [-0.2, 0) is 10.0 Å². The Morgan fingerprint density at radius 2 is 1.65 bits per heavy atom. The molecule has 166 valence electrons. The molecule has 1 fully saturated rings. The predicted octanol–water partition coefficient (Wildman–Crippen LogP) is 2.43. The molecule has 0 atom stereocenters. The topological polar surface area (TPSA) is 88.2 Å². The van der Waals surface area contributed by atoms with Gasteiger partial charge in [0.25, 0.3) is 5.91 Å². The Morgan fingerprint density at radius 1 is 0.968 bits per heavy atom. The molecule has 1 saturated heterocycles. The molecule has 0 aliphatic carbocycles. The van der Waals surface area contributed by atoms with Gasteiger partial charge in [0, 0.05) is 43.9 Å². The van der Waals surface area contributed by atoms with Gasteiger partial charge in [0.05, 0.1) is 18.1 Å². The van der Waals surface area contributed by atoms with Crippen molar-refractivity contribution in [2.45, 2.75) is 18.2 Å². The number of likely N-dealkylation sites (N-methyl/N-ethyl adjacent to an activating group) is 1. The average Bonchev–Trinajstić information content (AvgIpc) is 3.04. The first-order valence-corrected chi connectivity index (χ1v) is 11.9. The van der Waals surface area contributed by atoms with Crippen molar-refractivity contribution in [3.8, 4) is 11.5 Å². The predicted molar refractivity (Wildman–Crippen MR) is 117 cm³/mol. The van der Waals surface area contributed by atoms with Gasteiger partial charge in [-0.15, -0.1) is 0 Å². The zero-order valence-electron chi connectivity index (χ0n) is 17.5. The lowest BCUT2D eigenvalue weighted by molar-refractivity contribution is 0.102. The molecule has 2 aromatic carbocycles. The number of hydrogen-bond acceptors (Lipinski definition) is 6. The van der Waals surface area contributed by atoms with E-state index in [2.05, 4.69) is 17.1 Å². The van der Waals surface area contributed by atoms with Crippen LogP contribution in [0.2, 0.25) is 0 Å². The highest BCUT2D eigenvalue weighted by atomic mass is 32.2. The summed E-state index contributed by atoms with van der Waals surface area (Å²) in [5.41, 5.74) is 0.960. The molecule has 0 aromatic heterocycles. The Morgan fingerprint density at radius 3 is 2.32 bits per heavy atom. The van der Waals surface area contributed by atoms with Gasteiger partial charge in [-0.2, -0.15) is 4.31 Å². The van der Waals surface area contributed by atoms with Gasteiger partial charge < -0.3 is 19.7 Å². The second kappa shape index (κ2) is 9.25. The number of benzene rings is 2. The molecule has 2 aliphatic rings. The molecule has 0 spiro atoms. The summed E-state index contributed by atoms with van der Waals surface area (Å²) in [4.78, 5) is 15.1. The van der Waals surface area contributed by atoms with Crippen LogP contribution < -0.4 is 14.8 Å². The van der Waals surface area contributed by atoms with Crippen LogP contribution in [0.4, 0.5) is 5.69 Å². The van der Waals surface area contributed by atoms with Gasteiger partial charge in [-0.3, -0.25) is 4.79 Å². The van der Waals surface area contributed by atoms with Crippen LogP contribution in [0, 0.1) is 0 Å². The van der Waals surface area contributed by atoms with Crippen LogP contribution >= 0.6 is 0 Å². The summed E-state index contributed by atoms with van der Waals surface area (Å²) in [7, 11) is -3.54. The fourth-order valence-corrected chi connectivity index (χ4v) is 5.08. The Bertz CT molecular complexity index is 1030. The summed E-state index contributed by atoms with van der Waals surface area (Å²) >= 11 is 0. The standard InChI is InChI=1S/C22H27N3O5S/c1-2-24-10-12-25(13-11-24)31(27,28)19-7-5-18(6-8-19)23-22(26)17-4-9-20-21(16-17)30-15-3-14-29-20/h4-9,16H,2-3,10-15H2,1H3,(H,23,26). The van der Waals surface area contributed by atoms with Crippen LogP contribution in [0.25, 0.3) is 0 Å². The number of hydrogen-bond donors (Lipinski definition) is 1. The van der Waals surface area contributed by atoms with Crippen LogP contribution in [-0.4, -0.2) is 69.5 Å². The van der Waals surface area contributed by atoms with E-state index in [0.717, 1.165) is 26.1 Å². The highest BCUT2D eigenvalue weighted by Crippen LogP contribution is 2.30. The Balaban J connectivity index is 1.43. The van der Waals surface area contributed by atoms with Crippen LogP contribution in [0.3, 0.4) is 0 Å². The molecular formula is C22H27N3O5S. The molecule has 0 bridgehead atoms. The molecule has 4 rings (SSSR count). The second-order valence-corrected chi connectivity index (χ2v) is 9.47. The number of rotatable bonds is 5. The molecule has 2 heterocycles. The van der Waals surface area contributed by atoms with Crippen molar-refractivity contribution < 1.29 is 22.7 Å². The maximum Gasteiger partial charge on any atom is 0.255 e. The fraction of sp³-hybridized carbons (Fsp3) is 0.409. The van der Waals surface area contributed by atoms with Gasteiger partial charge in [-0.25, -0.2) is 8.42 Å². The number of anilines is 1. The largest absolute Gasteiger partial charge is 0.490 e. The van der Waals surface area contributed by atoms with E-state index in [0.29, 0.717) is 49.1 Å². The van der Waals surface area contributed by atoms with E-state index in [4.69, 9.17) is 9.47 Å². The summed E-state index contributed by atoms with van der Waals surface area (Å²) in [6, 6.07) is 11.3. The molecular weight excluding hydrogens is 418 g/mol. The number of fused-ring (bicyclic) bond motifs is 1. The van der Waals surface area contributed by atoms with Crippen LogP contribution in [0.5, 0.6) is 11.5 Å². The Labute approximate surface area is 182 Å². The summed E-state index contributed by atoms with van der Waals surface area (Å²) in [5, 5.41) is 2.80. The van der Waals surface area contributed by atoms with E-state index in [1.54, 1.807) is 30.3 Å². The summed E-state index contributed by atoms with van der Waals surface area (Å²) in [6.45, 7) is 6.56. The Hall–Kier alpha value is -2.62. The minimum atomic E-state index is -3.54.